The van der Waals surface area contributed by atoms with E-state index >= 15 is 0 Å². The van der Waals surface area contributed by atoms with E-state index < -0.39 is 5.60 Å². The Morgan fingerprint density at radius 3 is 2.67 bits per heavy atom. The number of nitrogens with zero attached hydrogens (tertiary/aromatic N) is 1. The predicted molar refractivity (Wildman–Crippen MR) is 74.2 cm³/mol. The number of fused-ring (bicyclic) bond motifs is 1. The summed E-state index contributed by atoms with van der Waals surface area (Å²) in [5.74, 6) is 0. The zero-order valence-electron chi connectivity index (χ0n) is 11.7. The molecule has 1 aromatic rings. The highest BCUT2D eigenvalue weighted by molar-refractivity contribution is 7.12. The van der Waals surface area contributed by atoms with Crippen LogP contribution in [0.2, 0.25) is 0 Å². The lowest BCUT2D eigenvalue weighted by Crippen LogP contribution is -2.41. The fourth-order valence-electron chi connectivity index (χ4n) is 2.26. The van der Waals surface area contributed by atoms with Crippen LogP contribution < -0.4 is 0 Å². The van der Waals surface area contributed by atoms with E-state index in [9.17, 15) is 4.79 Å². The molecule has 0 saturated carbocycles. The van der Waals surface area contributed by atoms with Crippen molar-refractivity contribution in [2.45, 2.75) is 52.2 Å². The maximum Gasteiger partial charge on any atom is 0.410 e. The Kier molecular flexibility index (Phi) is 3.41. The molecule has 0 saturated heterocycles. The molecule has 0 radical (unpaired) electrons. The maximum atomic E-state index is 12.0. The largest absolute Gasteiger partial charge is 0.444 e. The highest BCUT2D eigenvalue weighted by atomic mass is 32.1. The minimum Gasteiger partial charge on any atom is -0.444 e. The second-order valence-electron chi connectivity index (χ2n) is 5.96. The van der Waals surface area contributed by atoms with Crippen LogP contribution in [-0.4, -0.2) is 29.7 Å². The highest BCUT2D eigenvalue weighted by Crippen LogP contribution is 2.32. The van der Waals surface area contributed by atoms with Crippen LogP contribution in [0.3, 0.4) is 0 Å². The Morgan fingerprint density at radius 2 is 2.11 bits per heavy atom. The van der Waals surface area contributed by atoms with Crippen molar-refractivity contribution in [3.05, 3.63) is 21.4 Å². The number of carbonyl (C=O) groups excluding carboxylic acids is 1. The van der Waals surface area contributed by atoms with Gasteiger partial charge in [-0.3, -0.25) is 0 Å². The number of rotatable bonds is 1. The first-order chi connectivity index (χ1) is 8.26. The van der Waals surface area contributed by atoms with Gasteiger partial charge in [-0.15, -0.1) is 11.3 Å². The molecule has 1 aromatic heterocycles. The zero-order valence-corrected chi connectivity index (χ0v) is 12.6. The molecule has 0 aliphatic heterocycles. The van der Waals surface area contributed by atoms with Gasteiger partial charge < -0.3 is 9.64 Å². The molecule has 1 heterocycles. The number of likely N-dealkylation sites (N-methyl/N-ethyl adjacent to an activating group) is 1. The number of aryl methyl sites for hydroxylation is 1. The fourth-order valence-corrected chi connectivity index (χ4v) is 3.40. The van der Waals surface area contributed by atoms with Crippen LogP contribution in [0.4, 0.5) is 4.79 Å². The molecule has 3 nitrogen and oxygen atoms in total. The molecule has 18 heavy (non-hydrogen) atoms. The number of ether oxygens (including phenoxy) is 1. The summed E-state index contributed by atoms with van der Waals surface area (Å²) in [4.78, 5) is 16.5. The van der Waals surface area contributed by atoms with Crippen molar-refractivity contribution in [2.75, 3.05) is 7.05 Å². The Morgan fingerprint density at radius 1 is 1.44 bits per heavy atom. The number of hydrogen-bond acceptors (Lipinski definition) is 3. The van der Waals surface area contributed by atoms with Crippen LogP contribution >= 0.6 is 11.3 Å². The Bertz CT molecular complexity index is 435. The number of carbonyl (C=O) groups is 1. The average Bonchev–Trinajstić information content (AvgIpc) is 2.70. The van der Waals surface area contributed by atoms with Crippen LogP contribution in [0.25, 0.3) is 0 Å². The zero-order chi connectivity index (χ0) is 13.5. The summed E-state index contributed by atoms with van der Waals surface area (Å²) in [5, 5.41) is 0. The topological polar surface area (TPSA) is 29.5 Å². The van der Waals surface area contributed by atoms with E-state index in [1.807, 2.05) is 39.2 Å². The second kappa shape index (κ2) is 4.57. The standard InChI is InChI=1S/C14H21NO2S/c1-9-6-10-7-11(8-12(10)18-9)15(5)13(16)17-14(2,3)4/h6,11H,7-8H2,1-5H3. The minimum atomic E-state index is -0.425. The molecule has 0 aromatic carbocycles. The van der Waals surface area contributed by atoms with Gasteiger partial charge in [0.25, 0.3) is 0 Å². The summed E-state index contributed by atoms with van der Waals surface area (Å²) in [7, 11) is 1.84. The summed E-state index contributed by atoms with van der Waals surface area (Å²) in [5.41, 5.74) is 0.976. The molecule has 1 aliphatic carbocycles. The molecule has 0 fully saturated rings. The van der Waals surface area contributed by atoms with E-state index in [-0.39, 0.29) is 12.1 Å². The molecule has 4 heteroatoms. The van der Waals surface area contributed by atoms with Gasteiger partial charge in [0.15, 0.2) is 0 Å². The summed E-state index contributed by atoms with van der Waals surface area (Å²) < 4.78 is 5.40. The first-order valence-corrected chi connectivity index (χ1v) is 7.12. The van der Waals surface area contributed by atoms with Gasteiger partial charge in [-0.25, -0.2) is 4.79 Å². The molecule has 100 valence electrons. The lowest BCUT2D eigenvalue weighted by atomic mass is 10.2. The van der Waals surface area contributed by atoms with Crippen molar-refractivity contribution in [3.8, 4) is 0 Å². The van der Waals surface area contributed by atoms with Crippen molar-refractivity contribution in [3.63, 3.8) is 0 Å². The van der Waals surface area contributed by atoms with E-state index in [1.54, 1.807) is 4.90 Å². The van der Waals surface area contributed by atoms with E-state index in [2.05, 4.69) is 13.0 Å². The molecule has 1 atom stereocenters. The first-order valence-electron chi connectivity index (χ1n) is 6.30. The minimum absolute atomic E-state index is 0.223. The maximum absolute atomic E-state index is 12.0. The van der Waals surface area contributed by atoms with Crippen molar-refractivity contribution in [1.82, 2.24) is 4.90 Å². The van der Waals surface area contributed by atoms with E-state index in [4.69, 9.17) is 4.74 Å². The van der Waals surface area contributed by atoms with Gasteiger partial charge in [0.05, 0.1) is 0 Å². The third-order valence-corrected chi connectivity index (χ3v) is 4.24. The molecule has 1 unspecified atom stereocenters. The van der Waals surface area contributed by atoms with Crippen LogP contribution in [-0.2, 0) is 17.6 Å². The lowest BCUT2D eigenvalue weighted by molar-refractivity contribution is 0.0230. The molecule has 0 spiro atoms. The van der Waals surface area contributed by atoms with Gasteiger partial charge in [0.1, 0.15) is 5.60 Å². The van der Waals surface area contributed by atoms with Crippen LogP contribution in [0.15, 0.2) is 6.07 Å². The smallest absolute Gasteiger partial charge is 0.410 e. The van der Waals surface area contributed by atoms with Gasteiger partial charge in [-0.2, -0.15) is 0 Å². The summed E-state index contributed by atoms with van der Waals surface area (Å²) in [6.45, 7) is 7.82. The highest BCUT2D eigenvalue weighted by Gasteiger charge is 2.31. The van der Waals surface area contributed by atoms with E-state index in [1.165, 1.54) is 15.3 Å². The second-order valence-corrected chi connectivity index (χ2v) is 7.30. The predicted octanol–water partition coefficient (Wildman–Crippen LogP) is 3.39. The van der Waals surface area contributed by atoms with Gasteiger partial charge in [0, 0.05) is 29.3 Å². The van der Waals surface area contributed by atoms with Crippen LogP contribution in [0.5, 0.6) is 0 Å². The fraction of sp³-hybridized carbons (Fsp3) is 0.643. The van der Waals surface area contributed by atoms with Crippen molar-refractivity contribution >= 4 is 17.4 Å². The molecular formula is C14H21NO2S. The SMILES string of the molecule is Cc1cc2c(s1)CC(N(C)C(=O)OC(C)(C)C)C2. The van der Waals surface area contributed by atoms with Crippen molar-refractivity contribution < 1.29 is 9.53 Å². The van der Waals surface area contributed by atoms with E-state index in [0.29, 0.717) is 0 Å². The normalized spacial score (nSPS) is 18.6. The van der Waals surface area contributed by atoms with Gasteiger partial charge in [0.2, 0.25) is 0 Å². The first kappa shape index (κ1) is 13.4. The number of amides is 1. The van der Waals surface area contributed by atoms with Crippen LogP contribution in [0, 0.1) is 6.92 Å². The molecule has 2 rings (SSSR count). The molecule has 1 amide bonds. The summed E-state index contributed by atoms with van der Waals surface area (Å²) in [6.07, 6.45) is 1.69. The Hall–Kier alpha value is -1.03. The van der Waals surface area contributed by atoms with Crippen molar-refractivity contribution in [2.24, 2.45) is 0 Å². The molecule has 1 aliphatic rings. The third-order valence-electron chi connectivity index (χ3n) is 3.13. The average molecular weight is 267 g/mol. The van der Waals surface area contributed by atoms with Crippen LogP contribution in [0.1, 0.15) is 36.1 Å². The summed E-state index contributed by atoms with van der Waals surface area (Å²) >= 11 is 1.84. The third kappa shape index (κ3) is 2.86. The molecule has 0 N–H and O–H groups in total. The molecular weight excluding hydrogens is 246 g/mol. The quantitative estimate of drug-likeness (QED) is 0.780. The number of hydrogen-bond donors (Lipinski definition) is 0. The Labute approximate surface area is 113 Å². The lowest BCUT2D eigenvalue weighted by Gasteiger charge is -2.28. The van der Waals surface area contributed by atoms with Gasteiger partial charge in [-0.1, -0.05) is 0 Å². The molecule has 0 bridgehead atoms. The summed E-state index contributed by atoms with van der Waals surface area (Å²) in [6, 6.07) is 2.49. The number of thiophene rings is 1. The Balaban J connectivity index is 1.98. The monoisotopic (exact) mass is 267 g/mol. The van der Waals surface area contributed by atoms with Crippen molar-refractivity contribution in [1.29, 1.82) is 0 Å². The van der Waals surface area contributed by atoms with Gasteiger partial charge in [-0.05, 0) is 45.7 Å². The van der Waals surface area contributed by atoms with Gasteiger partial charge >= 0.3 is 6.09 Å². The van der Waals surface area contributed by atoms with E-state index in [0.717, 1.165) is 12.8 Å².